The highest BCUT2D eigenvalue weighted by Gasteiger charge is 2.31. The van der Waals surface area contributed by atoms with Gasteiger partial charge in [-0.05, 0) is 79.1 Å². The van der Waals surface area contributed by atoms with Crippen LogP contribution in [0.5, 0.6) is 0 Å². The van der Waals surface area contributed by atoms with Crippen molar-refractivity contribution in [3.63, 3.8) is 0 Å². The number of carbonyl (C=O) groups is 3. The molecule has 2 aliphatic rings. The SMILES string of the molecule is CC(C)(C)OC(=O)N[C@H](C(N)=O)C1CCCCC1.CC(C)(C)OC(=O)N[C@H](CN)C1CCCCC1. The van der Waals surface area contributed by atoms with Gasteiger partial charge in [-0.15, -0.1) is 0 Å². The molecule has 0 aliphatic heterocycles. The molecule has 0 bridgehead atoms. The van der Waals surface area contributed by atoms with Crippen molar-refractivity contribution in [1.82, 2.24) is 10.6 Å². The quantitative estimate of drug-likeness (QED) is 0.428. The molecule has 0 spiro atoms. The van der Waals surface area contributed by atoms with E-state index in [1.54, 1.807) is 20.8 Å². The molecule has 35 heavy (non-hydrogen) atoms. The highest BCUT2D eigenvalue weighted by Crippen LogP contribution is 2.27. The number of hydrogen-bond acceptors (Lipinski definition) is 6. The molecule has 2 aliphatic carbocycles. The van der Waals surface area contributed by atoms with E-state index in [9.17, 15) is 14.4 Å². The van der Waals surface area contributed by atoms with E-state index in [0.717, 1.165) is 38.5 Å². The first-order valence-electron chi connectivity index (χ1n) is 13.2. The molecule has 0 aromatic carbocycles. The number of carbonyl (C=O) groups excluding carboxylic acids is 3. The van der Waals surface area contributed by atoms with E-state index < -0.39 is 29.2 Å². The molecule has 0 aromatic rings. The van der Waals surface area contributed by atoms with Crippen molar-refractivity contribution in [3.05, 3.63) is 0 Å². The van der Waals surface area contributed by atoms with Crippen LogP contribution in [0.15, 0.2) is 0 Å². The van der Waals surface area contributed by atoms with E-state index in [2.05, 4.69) is 10.6 Å². The minimum Gasteiger partial charge on any atom is -0.444 e. The summed E-state index contributed by atoms with van der Waals surface area (Å²) >= 11 is 0. The largest absolute Gasteiger partial charge is 0.444 e. The molecule has 2 rings (SSSR count). The Balaban J connectivity index is 0.000000351. The van der Waals surface area contributed by atoms with Gasteiger partial charge in [0.15, 0.2) is 0 Å². The van der Waals surface area contributed by atoms with Crippen molar-refractivity contribution < 1.29 is 23.9 Å². The Bertz CT molecular complexity index is 660. The Morgan fingerprint density at radius 2 is 1.14 bits per heavy atom. The van der Waals surface area contributed by atoms with Gasteiger partial charge in [0.25, 0.3) is 0 Å². The second-order valence-electron chi connectivity index (χ2n) is 11.8. The van der Waals surface area contributed by atoms with Gasteiger partial charge in [-0.1, -0.05) is 38.5 Å². The minimum absolute atomic E-state index is 0.0603. The van der Waals surface area contributed by atoms with E-state index in [-0.39, 0.29) is 18.1 Å². The maximum Gasteiger partial charge on any atom is 0.408 e. The Hall–Kier alpha value is -2.03. The van der Waals surface area contributed by atoms with E-state index in [1.807, 2.05) is 20.8 Å². The summed E-state index contributed by atoms with van der Waals surface area (Å²) in [5.74, 6) is 0.179. The van der Waals surface area contributed by atoms with Gasteiger partial charge in [0, 0.05) is 12.6 Å². The van der Waals surface area contributed by atoms with Gasteiger partial charge in [-0.2, -0.15) is 0 Å². The molecule has 0 aromatic heterocycles. The van der Waals surface area contributed by atoms with Gasteiger partial charge in [-0.3, -0.25) is 4.79 Å². The predicted molar refractivity (Wildman–Crippen MR) is 138 cm³/mol. The van der Waals surface area contributed by atoms with Crippen molar-refractivity contribution >= 4 is 18.1 Å². The molecule has 6 N–H and O–H groups in total. The van der Waals surface area contributed by atoms with Gasteiger partial charge < -0.3 is 31.6 Å². The summed E-state index contributed by atoms with van der Waals surface area (Å²) in [6.45, 7) is 11.4. The van der Waals surface area contributed by atoms with Crippen LogP contribution in [0.25, 0.3) is 0 Å². The standard InChI is InChI=1S/C13H24N2O3.C13H26N2O2/c1-13(2,3)18-12(17)15-10(11(14)16)9-7-5-4-6-8-9;1-13(2,3)17-12(16)15-11(9-14)10-7-5-4-6-8-10/h9-10H,4-8H2,1-3H3,(H2,14,16)(H,15,17);10-11H,4-9,14H2,1-3H3,(H,15,16)/t10-;11-/m01/s1. The van der Waals surface area contributed by atoms with Crippen LogP contribution in [0.2, 0.25) is 0 Å². The van der Waals surface area contributed by atoms with Gasteiger partial charge >= 0.3 is 12.2 Å². The Kier molecular flexibility index (Phi) is 12.9. The van der Waals surface area contributed by atoms with Crippen LogP contribution in [-0.4, -0.2) is 47.9 Å². The highest BCUT2D eigenvalue weighted by molar-refractivity contribution is 5.84. The van der Waals surface area contributed by atoms with E-state index in [1.165, 1.54) is 25.7 Å². The average Bonchev–Trinajstić information content (AvgIpc) is 2.75. The number of nitrogens with two attached hydrogens (primary N) is 2. The minimum atomic E-state index is -0.611. The summed E-state index contributed by atoms with van der Waals surface area (Å²) in [7, 11) is 0. The first kappa shape index (κ1) is 31.0. The maximum atomic E-state index is 11.7. The van der Waals surface area contributed by atoms with Crippen LogP contribution in [0.4, 0.5) is 9.59 Å². The zero-order chi connectivity index (χ0) is 26.6. The second kappa shape index (κ2) is 14.5. The number of alkyl carbamates (subject to hydrolysis) is 2. The molecule has 204 valence electrons. The lowest BCUT2D eigenvalue weighted by Gasteiger charge is -2.31. The lowest BCUT2D eigenvalue weighted by molar-refractivity contribution is -0.121. The van der Waals surface area contributed by atoms with Gasteiger partial charge in [0.05, 0.1) is 0 Å². The van der Waals surface area contributed by atoms with Crippen LogP contribution in [0, 0.1) is 11.8 Å². The average molecular weight is 499 g/mol. The molecule has 2 saturated carbocycles. The Morgan fingerprint density at radius 3 is 1.51 bits per heavy atom. The number of nitrogens with one attached hydrogen (secondary N) is 2. The number of ether oxygens (including phenoxy) is 2. The smallest absolute Gasteiger partial charge is 0.408 e. The third-order valence-electron chi connectivity index (χ3n) is 6.27. The highest BCUT2D eigenvalue weighted by atomic mass is 16.6. The molecule has 0 radical (unpaired) electrons. The van der Waals surface area contributed by atoms with Gasteiger partial charge in [0.2, 0.25) is 5.91 Å². The molecule has 9 nitrogen and oxygen atoms in total. The van der Waals surface area contributed by atoms with E-state index >= 15 is 0 Å². The fourth-order valence-corrected chi connectivity index (χ4v) is 4.69. The van der Waals surface area contributed by atoms with Crippen molar-refractivity contribution in [2.75, 3.05) is 6.54 Å². The monoisotopic (exact) mass is 498 g/mol. The second-order valence-corrected chi connectivity index (χ2v) is 11.8. The molecule has 0 heterocycles. The van der Waals surface area contributed by atoms with Gasteiger partial charge in [-0.25, -0.2) is 9.59 Å². The van der Waals surface area contributed by atoms with Crippen molar-refractivity contribution in [2.45, 2.75) is 129 Å². The summed E-state index contributed by atoms with van der Waals surface area (Å²) in [6, 6.07) is -0.551. The Morgan fingerprint density at radius 1 is 0.743 bits per heavy atom. The first-order chi connectivity index (χ1) is 16.2. The molecular formula is C26H50N4O5. The van der Waals surface area contributed by atoms with Crippen molar-refractivity contribution in [1.29, 1.82) is 0 Å². The molecule has 2 atom stereocenters. The number of primary amides is 1. The van der Waals surface area contributed by atoms with Crippen LogP contribution in [0.3, 0.4) is 0 Å². The van der Waals surface area contributed by atoms with E-state index in [4.69, 9.17) is 20.9 Å². The maximum absolute atomic E-state index is 11.7. The molecule has 2 fully saturated rings. The summed E-state index contributed by atoms with van der Waals surface area (Å²) in [4.78, 5) is 34.8. The predicted octanol–water partition coefficient (Wildman–Crippen LogP) is 4.36. The third-order valence-corrected chi connectivity index (χ3v) is 6.27. The topological polar surface area (TPSA) is 146 Å². The van der Waals surface area contributed by atoms with Crippen LogP contribution in [-0.2, 0) is 14.3 Å². The summed E-state index contributed by atoms with van der Waals surface area (Å²) in [5, 5.41) is 5.51. The molecular weight excluding hydrogens is 448 g/mol. The molecule has 0 unspecified atom stereocenters. The normalized spacial score (nSPS) is 19.4. The summed E-state index contributed by atoms with van der Waals surface area (Å²) in [5.41, 5.74) is 10.1. The van der Waals surface area contributed by atoms with Crippen molar-refractivity contribution in [3.8, 4) is 0 Å². The summed E-state index contributed by atoms with van der Waals surface area (Å²) in [6.07, 6.45) is 10.4. The van der Waals surface area contributed by atoms with Crippen molar-refractivity contribution in [2.24, 2.45) is 23.3 Å². The zero-order valence-corrected chi connectivity index (χ0v) is 22.8. The number of hydrogen-bond donors (Lipinski definition) is 4. The zero-order valence-electron chi connectivity index (χ0n) is 22.8. The third kappa shape index (κ3) is 13.6. The fourth-order valence-electron chi connectivity index (χ4n) is 4.69. The van der Waals surface area contributed by atoms with E-state index in [0.29, 0.717) is 12.5 Å². The lowest BCUT2D eigenvalue weighted by atomic mass is 9.83. The molecule has 0 saturated heterocycles. The fraction of sp³-hybridized carbons (Fsp3) is 0.885. The van der Waals surface area contributed by atoms with Crippen LogP contribution >= 0.6 is 0 Å². The van der Waals surface area contributed by atoms with Crippen LogP contribution in [0.1, 0.15) is 106 Å². The lowest BCUT2D eigenvalue weighted by Crippen LogP contribution is -2.50. The number of rotatable bonds is 6. The number of amides is 3. The first-order valence-corrected chi connectivity index (χ1v) is 13.2. The van der Waals surface area contributed by atoms with Gasteiger partial charge in [0.1, 0.15) is 17.2 Å². The van der Waals surface area contributed by atoms with Crippen LogP contribution < -0.4 is 22.1 Å². The Labute approximate surface area is 211 Å². The molecule has 9 heteroatoms. The summed E-state index contributed by atoms with van der Waals surface area (Å²) < 4.78 is 10.4. The molecule has 3 amide bonds.